The standard InChI is InChI=1S/C19H29N/c1-5-13(2)14-8-15(16-11-18(12-16)20-4)10-17(9-14)19(3)6-7-19/h8-10,13,16,18,20H,5-7,11-12H2,1-4H3/t13-,16?,18?/m1/s1. The summed E-state index contributed by atoms with van der Waals surface area (Å²) in [5.74, 6) is 1.48. The van der Waals surface area contributed by atoms with Gasteiger partial charge in [-0.05, 0) is 73.1 Å². The van der Waals surface area contributed by atoms with Crippen molar-refractivity contribution in [3.05, 3.63) is 34.9 Å². The van der Waals surface area contributed by atoms with E-state index in [-0.39, 0.29) is 0 Å². The number of hydrogen-bond acceptors (Lipinski definition) is 1. The van der Waals surface area contributed by atoms with Crippen LogP contribution in [0.1, 0.15) is 81.4 Å². The van der Waals surface area contributed by atoms with E-state index in [4.69, 9.17) is 0 Å². The molecule has 0 bridgehead atoms. The van der Waals surface area contributed by atoms with Crippen molar-refractivity contribution in [3.63, 3.8) is 0 Å². The molecular weight excluding hydrogens is 242 g/mol. The summed E-state index contributed by atoms with van der Waals surface area (Å²) < 4.78 is 0. The number of rotatable bonds is 5. The summed E-state index contributed by atoms with van der Waals surface area (Å²) in [5.41, 5.74) is 5.28. The summed E-state index contributed by atoms with van der Waals surface area (Å²) in [6.07, 6.45) is 6.62. The highest BCUT2D eigenvalue weighted by Crippen LogP contribution is 2.49. The predicted octanol–water partition coefficient (Wildman–Crippen LogP) is 4.72. The maximum absolute atomic E-state index is 3.41. The van der Waals surface area contributed by atoms with Crippen LogP contribution in [0.2, 0.25) is 0 Å². The van der Waals surface area contributed by atoms with Gasteiger partial charge in [0.15, 0.2) is 0 Å². The lowest BCUT2D eigenvalue weighted by molar-refractivity contribution is 0.307. The molecule has 2 aliphatic carbocycles. The zero-order valence-corrected chi connectivity index (χ0v) is 13.5. The summed E-state index contributed by atoms with van der Waals surface area (Å²) in [5, 5.41) is 3.41. The van der Waals surface area contributed by atoms with Gasteiger partial charge < -0.3 is 5.32 Å². The first-order valence-corrected chi connectivity index (χ1v) is 8.38. The van der Waals surface area contributed by atoms with Gasteiger partial charge in [-0.2, -0.15) is 0 Å². The van der Waals surface area contributed by atoms with Crippen molar-refractivity contribution in [2.75, 3.05) is 7.05 Å². The third kappa shape index (κ3) is 2.53. The van der Waals surface area contributed by atoms with Gasteiger partial charge in [0.1, 0.15) is 0 Å². The van der Waals surface area contributed by atoms with E-state index >= 15 is 0 Å². The Balaban J connectivity index is 1.89. The molecule has 20 heavy (non-hydrogen) atoms. The maximum Gasteiger partial charge on any atom is 0.00757 e. The van der Waals surface area contributed by atoms with Gasteiger partial charge in [0.25, 0.3) is 0 Å². The van der Waals surface area contributed by atoms with Crippen molar-refractivity contribution in [2.24, 2.45) is 0 Å². The van der Waals surface area contributed by atoms with Crippen LogP contribution in [0.25, 0.3) is 0 Å². The molecule has 1 aromatic carbocycles. The smallest absolute Gasteiger partial charge is 0.00757 e. The minimum atomic E-state index is 0.490. The molecule has 0 aliphatic heterocycles. The monoisotopic (exact) mass is 271 g/mol. The highest BCUT2D eigenvalue weighted by atomic mass is 14.9. The van der Waals surface area contributed by atoms with Gasteiger partial charge >= 0.3 is 0 Å². The van der Waals surface area contributed by atoms with Crippen LogP contribution >= 0.6 is 0 Å². The topological polar surface area (TPSA) is 12.0 Å². The summed E-state index contributed by atoms with van der Waals surface area (Å²) in [6, 6.07) is 8.26. The lowest BCUT2D eigenvalue weighted by Gasteiger charge is -2.36. The summed E-state index contributed by atoms with van der Waals surface area (Å²) in [4.78, 5) is 0. The summed E-state index contributed by atoms with van der Waals surface area (Å²) >= 11 is 0. The van der Waals surface area contributed by atoms with Gasteiger partial charge in [0.2, 0.25) is 0 Å². The Labute approximate surface area is 124 Å². The van der Waals surface area contributed by atoms with E-state index in [0.29, 0.717) is 11.3 Å². The van der Waals surface area contributed by atoms with Crippen LogP contribution in [0.4, 0.5) is 0 Å². The van der Waals surface area contributed by atoms with Crippen molar-refractivity contribution in [1.82, 2.24) is 5.32 Å². The van der Waals surface area contributed by atoms with Gasteiger partial charge in [-0.1, -0.05) is 39.0 Å². The zero-order chi connectivity index (χ0) is 14.3. The quantitative estimate of drug-likeness (QED) is 0.817. The Morgan fingerprint density at radius 2 is 1.95 bits per heavy atom. The maximum atomic E-state index is 3.41. The number of hydrogen-bond donors (Lipinski definition) is 1. The van der Waals surface area contributed by atoms with E-state index in [1.165, 1.54) is 32.1 Å². The molecule has 0 radical (unpaired) electrons. The zero-order valence-electron chi connectivity index (χ0n) is 13.5. The third-order valence-corrected chi connectivity index (χ3v) is 5.87. The Bertz CT molecular complexity index is 481. The second kappa shape index (κ2) is 5.18. The minimum Gasteiger partial charge on any atom is -0.317 e. The first-order valence-electron chi connectivity index (χ1n) is 8.38. The molecule has 1 aromatic rings. The molecule has 0 heterocycles. The van der Waals surface area contributed by atoms with E-state index in [1.807, 2.05) is 0 Å². The molecule has 2 saturated carbocycles. The molecule has 1 nitrogen and oxygen atoms in total. The summed E-state index contributed by atoms with van der Waals surface area (Å²) in [6.45, 7) is 7.11. The molecule has 0 unspecified atom stereocenters. The summed E-state index contributed by atoms with van der Waals surface area (Å²) in [7, 11) is 2.09. The van der Waals surface area contributed by atoms with Gasteiger partial charge in [-0.25, -0.2) is 0 Å². The highest BCUT2D eigenvalue weighted by Gasteiger charge is 2.40. The predicted molar refractivity (Wildman–Crippen MR) is 86.6 cm³/mol. The van der Waals surface area contributed by atoms with Gasteiger partial charge in [0, 0.05) is 6.04 Å². The van der Waals surface area contributed by atoms with E-state index in [9.17, 15) is 0 Å². The Hall–Kier alpha value is -0.820. The van der Waals surface area contributed by atoms with Crippen LogP contribution in [0.5, 0.6) is 0 Å². The first kappa shape index (κ1) is 14.1. The average Bonchev–Trinajstić information content (AvgIpc) is 3.16. The molecule has 1 N–H and O–H groups in total. The fraction of sp³-hybridized carbons (Fsp3) is 0.684. The van der Waals surface area contributed by atoms with Crippen molar-refractivity contribution in [2.45, 2.75) is 76.2 Å². The molecule has 1 heteroatoms. The van der Waals surface area contributed by atoms with Crippen molar-refractivity contribution in [1.29, 1.82) is 0 Å². The van der Waals surface area contributed by atoms with Crippen LogP contribution in [-0.2, 0) is 5.41 Å². The number of nitrogens with one attached hydrogen (secondary N) is 1. The molecule has 1 atom stereocenters. The second-order valence-corrected chi connectivity index (χ2v) is 7.41. The first-order chi connectivity index (χ1) is 9.55. The number of benzene rings is 1. The van der Waals surface area contributed by atoms with Crippen LogP contribution < -0.4 is 5.32 Å². The molecular formula is C19H29N. The van der Waals surface area contributed by atoms with Crippen LogP contribution in [0.3, 0.4) is 0 Å². The Morgan fingerprint density at radius 3 is 2.50 bits per heavy atom. The fourth-order valence-electron chi connectivity index (χ4n) is 3.38. The van der Waals surface area contributed by atoms with Gasteiger partial charge in [-0.15, -0.1) is 0 Å². The average molecular weight is 271 g/mol. The molecule has 0 aromatic heterocycles. The van der Waals surface area contributed by atoms with Gasteiger partial charge in [-0.3, -0.25) is 0 Å². The molecule has 2 fully saturated rings. The second-order valence-electron chi connectivity index (χ2n) is 7.41. The lowest BCUT2D eigenvalue weighted by atomic mass is 9.74. The fourth-order valence-corrected chi connectivity index (χ4v) is 3.38. The molecule has 2 aliphatic rings. The molecule has 3 rings (SSSR count). The van der Waals surface area contributed by atoms with E-state index < -0.39 is 0 Å². The van der Waals surface area contributed by atoms with Crippen molar-refractivity contribution in [3.8, 4) is 0 Å². The van der Waals surface area contributed by atoms with Crippen LogP contribution in [0.15, 0.2) is 18.2 Å². The molecule has 0 spiro atoms. The van der Waals surface area contributed by atoms with Crippen molar-refractivity contribution >= 4 is 0 Å². The normalized spacial score (nSPS) is 28.8. The lowest BCUT2D eigenvalue weighted by Crippen LogP contribution is -2.37. The Kier molecular flexibility index (Phi) is 3.66. The Morgan fingerprint density at radius 1 is 1.25 bits per heavy atom. The van der Waals surface area contributed by atoms with Crippen molar-refractivity contribution < 1.29 is 0 Å². The largest absolute Gasteiger partial charge is 0.317 e. The van der Waals surface area contributed by atoms with Crippen LogP contribution in [0, 0.1) is 0 Å². The SMILES string of the molecule is CC[C@@H](C)c1cc(C2CC(NC)C2)cc(C2(C)CC2)c1. The van der Waals surface area contributed by atoms with E-state index in [1.54, 1.807) is 16.7 Å². The molecule has 0 saturated heterocycles. The third-order valence-electron chi connectivity index (χ3n) is 5.87. The van der Waals surface area contributed by atoms with E-state index in [0.717, 1.165) is 12.0 Å². The minimum absolute atomic E-state index is 0.490. The van der Waals surface area contributed by atoms with Gasteiger partial charge in [0.05, 0.1) is 0 Å². The molecule has 110 valence electrons. The van der Waals surface area contributed by atoms with Crippen LogP contribution in [-0.4, -0.2) is 13.1 Å². The molecule has 0 amide bonds. The highest BCUT2D eigenvalue weighted by molar-refractivity contribution is 5.41. The van der Waals surface area contributed by atoms with E-state index in [2.05, 4.69) is 51.3 Å².